The van der Waals surface area contributed by atoms with Crippen molar-refractivity contribution in [2.45, 2.75) is 63.8 Å². The number of morpholine rings is 2. The van der Waals surface area contributed by atoms with E-state index >= 15 is 0 Å². The van der Waals surface area contributed by atoms with E-state index in [-0.39, 0.29) is 47.1 Å². The molecule has 0 radical (unpaired) electrons. The van der Waals surface area contributed by atoms with E-state index < -0.39 is 16.6 Å². The molecular formula is C42H60Cl2N2O4Si2. The third-order valence-corrected chi connectivity index (χ3v) is 19.8. The zero-order valence-corrected chi connectivity index (χ0v) is 35.4. The minimum atomic E-state index is -2.44. The lowest BCUT2D eigenvalue weighted by Crippen LogP contribution is -2.67. The van der Waals surface area contributed by atoms with Crippen molar-refractivity contribution >= 4 is 62.2 Å². The van der Waals surface area contributed by atoms with E-state index in [2.05, 4.69) is 174 Å². The molecule has 0 saturated carbocycles. The largest absolute Gasteiger partial charge is 0.405 e. The van der Waals surface area contributed by atoms with Crippen molar-refractivity contribution in [3.8, 4) is 0 Å². The van der Waals surface area contributed by atoms with Gasteiger partial charge in [0.25, 0.3) is 16.6 Å². The minimum absolute atomic E-state index is 0. The summed E-state index contributed by atoms with van der Waals surface area (Å²) in [6.45, 7) is 20.2. The molecule has 6 rings (SSSR count). The quantitative estimate of drug-likeness (QED) is 0.194. The van der Waals surface area contributed by atoms with Crippen LogP contribution in [-0.2, 0) is 18.3 Å². The highest BCUT2D eigenvalue weighted by atomic mass is 35.5. The van der Waals surface area contributed by atoms with Crippen LogP contribution in [0.2, 0.25) is 10.1 Å². The first-order valence-corrected chi connectivity index (χ1v) is 22.0. The Morgan fingerprint density at radius 2 is 0.769 bits per heavy atom. The molecule has 0 unspecified atom stereocenters. The Kier molecular flexibility index (Phi) is 17.3. The normalized spacial score (nSPS) is 18.2. The fraction of sp³-hybridized carbons (Fsp3) is 0.429. The molecule has 2 aliphatic heterocycles. The van der Waals surface area contributed by atoms with Crippen molar-refractivity contribution in [1.29, 1.82) is 0 Å². The van der Waals surface area contributed by atoms with Gasteiger partial charge in [0.05, 0.1) is 38.6 Å². The summed E-state index contributed by atoms with van der Waals surface area (Å²) in [7, 11) is -4.88. The van der Waals surface area contributed by atoms with Gasteiger partial charge in [-0.25, -0.2) is 0 Å². The van der Waals surface area contributed by atoms with Gasteiger partial charge >= 0.3 is 0 Å². The summed E-state index contributed by atoms with van der Waals surface area (Å²) in [5, 5.41) is 12.1. The van der Waals surface area contributed by atoms with Gasteiger partial charge in [-0.2, -0.15) is 0 Å². The maximum Gasteiger partial charge on any atom is 0.261 e. The Bertz CT molecular complexity index is 1350. The first kappa shape index (κ1) is 44.1. The Labute approximate surface area is 327 Å². The minimum Gasteiger partial charge on any atom is -0.405 e. The Hall–Kier alpha value is -2.35. The fourth-order valence-electron chi connectivity index (χ4n) is 7.41. The van der Waals surface area contributed by atoms with E-state index in [0.717, 1.165) is 39.4 Å². The molecule has 2 atom stereocenters. The van der Waals surface area contributed by atoms with E-state index in [1.54, 1.807) is 0 Å². The molecule has 52 heavy (non-hydrogen) atoms. The van der Waals surface area contributed by atoms with Crippen molar-refractivity contribution in [1.82, 2.24) is 10.6 Å². The molecule has 4 aromatic carbocycles. The molecule has 2 fully saturated rings. The van der Waals surface area contributed by atoms with Gasteiger partial charge in [0.15, 0.2) is 0 Å². The van der Waals surface area contributed by atoms with Gasteiger partial charge < -0.3 is 29.0 Å². The molecule has 2 aliphatic rings. The predicted octanol–water partition coefficient (Wildman–Crippen LogP) is 5.95. The van der Waals surface area contributed by atoms with Crippen molar-refractivity contribution in [2.24, 2.45) is 0 Å². The van der Waals surface area contributed by atoms with Gasteiger partial charge in [0.2, 0.25) is 0 Å². The van der Waals surface area contributed by atoms with Crippen molar-refractivity contribution in [2.75, 3.05) is 52.6 Å². The SMILES string of the molecule is CC(C)(C)[Si](OC[C@@H]1CNCCO1)(c1ccccc1)c1ccccc1.CC(C)(C)[Si](OC[C@H]1CNCCO1)(c1ccccc1)c1ccccc1.Cl.Cl. The standard InChI is InChI=1S/2C21H29NO2Si.2ClH/c2*1-21(2,3)25(19-10-6-4-7-11-19,20-12-8-5-9-13-20)24-17-18-16-22-14-15-23-18;;/h2*4-13,18,22H,14-17H2,1-3H3;2*1H/t2*18-;;/m10../s1. The number of hydrogen-bond donors (Lipinski definition) is 2. The van der Waals surface area contributed by atoms with Gasteiger partial charge in [-0.15, -0.1) is 24.8 Å². The molecule has 2 saturated heterocycles. The second kappa shape index (κ2) is 20.4. The smallest absolute Gasteiger partial charge is 0.261 e. The van der Waals surface area contributed by atoms with Crippen LogP contribution in [0.25, 0.3) is 0 Å². The van der Waals surface area contributed by atoms with Crippen LogP contribution in [0.5, 0.6) is 0 Å². The molecule has 6 nitrogen and oxygen atoms in total. The molecule has 2 heterocycles. The highest BCUT2D eigenvalue weighted by molar-refractivity contribution is 7.00. The lowest BCUT2D eigenvalue weighted by atomic mass is 10.2. The number of nitrogens with one attached hydrogen (secondary N) is 2. The van der Waals surface area contributed by atoms with E-state index in [4.69, 9.17) is 18.3 Å². The molecule has 2 N–H and O–H groups in total. The topological polar surface area (TPSA) is 61.0 Å². The Balaban J connectivity index is 0.000000270. The van der Waals surface area contributed by atoms with Crippen molar-refractivity contribution < 1.29 is 18.3 Å². The number of ether oxygens (including phenoxy) is 2. The van der Waals surface area contributed by atoms with Crippen LogP contribution in [-0.4, -0.2) is 81.4 Å². The fourth-order valence-corrected chi connectivity index (χ4v) is 16.6. The number of halogens is 2. The summed E-state index contributed by atoms with van der Waals surface area (Å²) < 4.78 is 25.5. The molecule has 0 bridgehead atoms. The van der Waals surface area contributed by atoms with Crippen LogP contribution in [0.1, 0.15) is 41.5 Å². The zero-order chi connectivity index (χ0) is 35.5. The summed E-state index contributed by atoms with van der Waals surface area (Å²) in [5.41, 5.74) is 0. The van der Waals surface area contributed by atoms with Crippen LogP contribution in [0.15, 0.2) is 121 Å². The van der Waals surface area contributed by atoms with Gasteiger partial charge in [-0.1, -0.05) is 163 Å². The summed E-state index contributed by atoms with van der Waals surface area (Å²) in [6.07, 6.45) is 0.241. The van der Waals surface area contributed by atoms with Crippen LogP contribution in [0.4, 0.5) is 0 Å². The molecular weight excluding hydrogens is 724 g/mol. The molecule has 4 aromatic rings. The molecule has 284 valence electrons. The number of hydrogen-bond acceptors (Lipinski definition) is 6. The van der Waals surface area contributed by atoms with Gasteiger partial charge in [-0.3, -0.25) is 0 Å². The average molecular weight is 784 g/mol. The first-order chi connectivity index (χ1) is 24.1. The van der Waals surface area contributed by atoms with Crippen LogP contribution < -0.4 is 31.4 Å². The predicted molar refractivity (Wildman–Crippen MR) is 227 cm³/mol. The first-order valence-electron chi connectivity index (χ1n) is 18.2. The summed E-state index contributed by atoms with van der Waals surface area (Å²) >= 11 is 0. The van der Waals surface area contributed by atoms with E-state index in [9.17, 15) is 0 Å². The molecule has 10 heteroatoms. The van der Waals surface area contributed by atoms with Crippen LogP contribution in [0, 0.1) is 0 Å². The van der Waals surface area contributed by atoms with Crippen LogP contribution >= 0.6 is 24.8 Å². The average Bonchev–Trinajstić information content (AvgIpc) is 3.14. The Morgan fingerprint density at radius 3 is 0.981 bits per heavy atom. The molecule has 0 amide bonds. The van der Waals surface area contributed by atoms with Gasteiger partial charge in [0, 0.05) is 26.2 Å². The second-order valence-corrected chi connectivity index (χ2v) is 24.0. The maximum atomic E-state index is 6.88. The summed E-state index contributed by atoms with van der Waals surface area (Å²) in [6, 6.07) is 43.1. The van der Waals surface area contributed by atoms with Gasteiger partial charge in [-0.05, 0) is 30.8 Å². The van der Waals surface area contributed by atoms with Crippen molar-refractivity contribution in [3.05, 3.63) is 121 Å². The molecule has 0 aliphatic carbocycles. The van der Waals surface area contributed by atoms with E-state index in [1.807, 2.05) is 0 Å². The highest BCUT2D eigenvalue weighted by Crippen LogP contribution is 2.38. The monoisotopic (exact) mass is 782 g/mol. The number of rotatable bonds is 10. The lowest BCUT2D eigenvalue weighted by molar-refractivity contribution is -0.00211. The van der Waals surface area contributed by atoms with Gasteiger partial charge in [0.1, 0.15) is 0 Å². The zero-order valence-electron chi connectivity index (χ0n) is 31.8. The van der Waals surface area contributed by atoms with E-state index in [0.29, 0.717) is 13.2 Å². The molecule has 0 aromatic heterocycles. The van der Waals surface area contributed by atoms with Crippen molar-refractivity contribution in [3.63, 3.8) is 0 Å². The van der Waals surface area contributed by atoms with Crippen LogP contribution in [0.3, 0.4) is 0 Å². The third-order valence-electron chi connectivity index (χ3n) is 9.81. The number of benzene rings is 4. The molecule has 0 spiro atoms. The van der Waals surface area contributed by atoms with E-state index in [1.165, 1.54) is 20.7 Å². The summed E-state index contributed by atoms with van der Waals surface area (Å²) in [4.78, 5) is 0. The Morgan fingerprint density at radius 1 is 0.500 bits per heavy atom. The second-order valence-electron chi connectivity index (χ2n) is 15.3. The maximum absolute atomic E-state index is 6.88. The third kappa shape index (κ3) is 10.4. The highest BCUT2D eigenvalue weighted by Gasteiger charge is 2.51. The summed E-state index contributed by atoms with van der Waals surface area (Å²) in [5.74, 6) is 0. The lowest BCUT2D eigenvalue weighted by Gasteiger charge is -2.44.